The van der Waals surface area contributed by atoms with E-state index in [2.05, 4.69) is 64.6 Å². The molecule has 0 aromatic rings. The first-order chi connectivity index (χ1) is 10.6. The summed E-state index contributed by atoms with van der Waals surface area (Å²) in [6.07, 6.45) is 4.55. The first-order valence-electron chi connectivity index (χ1n) is 8.82. The summed E-state index contributed by atoms with van der Waals surface area (Å²) in [5.41, 5.74) is 1.69. The van der Waals surface area contributed by atoms with Crippen molar-refractivity contribution in [3.8, 4) is 0 Å². The van der Waals surface area contributed by atoms with Crippen LogP contribution in [0.4, 0.5) is 4.79 Å². The second kappa shape index (κ2) is 10.1. The van der Waals surface area contributed by atoms with Crippen LogP contribution < -0.4 is 5.32 Å². The van der Waals surface area contributed by atoms with E-state index in [-0.39, 0.29) is 12.1 Å². The molecule has 0 saturated heterocycles. The van der Waals surface area contributed by atoms with E-state index >= 15 is 0 Å². The van der Waals surface area contributed by atoms with Gasteiger partial charge in [-0.05, 0) is 30.0 Å². The Bertz CT molecular complexity index is 359. The average Bonchev–Trinajstić information content (AvgIpc) is 2.47. The SMILES string of the molecule is CCC(/C=C/[C@H](C)O[Si](C(C)C)(C(C)C)C(C)C)NC(=O)OC. The van der Waals surface area contributed by atoms with Crippen molar-refractivity contribution >= 4 is 14.4 Å². The molecule has 0 saturated carbocycles. The van der Waals surface area contributed by atoms with Crippen LogP contribution in [0.25, 0.3) is 0 Å². The summed E-state index contributed by atoms with van der Waals surface area (Å²) in [5, 5.41) is 2.81. The van der Waals surface area contributed by atoms with Crippen molar-refractivity contribution in [2.45, 2.75) is 90.6 Å². The molecule has 0 aliphatic heterocycles. The van der Waals surface area contributed by atoms with Crippen LogP contribution >= 0.6 is 0 Å². The topological polar surface area (TPSA) is 47.6 Å². The van der Waals surface area contributed by atoms with Crippen molar-refractivity contribution in [1.82, 2.24) is 5.32 Å². The molecule has 1 unspecified atom stereocenters. The lowest BCUT2D eigenvalue weighted by Gasteiger charge is -2.43. The second-order valence-electron chi connectivity index (χ2n) is 7.18. The molecule has 136 valence electrons. The van der Waals surface area contributed by atoms with E-state index in [1.54, 1.807) is 0 Å². The van der Waals surface area contributed by atoms with Gasteiger partial charge in [0.1, 0.15) is 0 Å². The van der Waals surface area contributed by atoms with Gasteiger partial charge in [0.25, 0.3) is 0 Å². The predicted molar refractivity (Wildman–Crippen MR) is 100 cm³/mol. The first kappa shape index (κ1) is 22.2. The highest BCUT2D eigenvalue weighted by molar-refractivity contribution is 6.77. The standard InChI is InChI=1S/C18H37NO3Si/c1-10-17(19-18(20)21-9)12-11-16(8)22-23(13(2)3,14(4)5)15(6)7/h11-17H,10H2,1-9H3,(H,19,20)/b12-11+/t16-,17?/m0/s1. The van der Waals surface area contributed by atoms with E-state index in [0.717, 1.165) is 6.42 Å². The molecule has 0 radical (unpaired) electrons. The van der Waals surface area contributed by atoms with Gasteiger partial charge in [0.15, 0.2) is 0 Å². The van der Waals surface area contributed by atoms with Gasteiger partial charge in [-0.25, -0.2) is 4.79 Å². The maximum Gasteiger partial charge on any atom is 0.407 e. The van der Waals surface area contributed by atoms with Crippen LogP contribution in [0.1, 0.15) is 61.8 Å². The van der Waals surface area contributed by atoms with Crippen LogP contribution in [-0.4, -0.2) is 33.7 Å². The van der Waals surface area contributed by atoms with E-state index in [1.807, 2.05) is 13.0 Å². The molecule has 23 heavy (non-hydrogen) atoms. The fraction of sp³-hybridized carbons (Fsp3) is 0.833. The number of hydrogen-bond acceptors (Lipinski definition) is 3. The number of carbonyl (C=O) groups is 1. The molecule has 0 rings (SSSR count). The Labute approximate surface area is 144 Å². The summed E-state index contributed by atoms with van der Waals surface area (Å²) >= 11 is 0. The number of ether oxygens (including phenoxy) is 1. The lowest BCUT2D eigenvalue weighted by atomic mass is 10.2. The van der Waals surface area contributed by atoms with Gasteiger partial charge < -0.3 is 14.5 Å². The third-order valence-electron chi connectivity index (χ3n) is 4.64. The lowest BCUT2D eigenvalue weighted by molar-refractivity contribution is 0.168. The Balaban J connectivity index is 5.03. The molecule has 0 spiro atoms. The molecule has 0 bridgehead atoms. The number of carbonyl (C=O) groups excluding carboxylic acids is 1. The minimum atomic E-state index is -1.88. The number of rotatable bonds is 9. The van der Waals surface area contributed by atoms with Crippen molar-refractivity contribution in [2.24, 2.45) is 0 Å². The molecule has 4 nitrogen and oxygen atoms in total. The Morgan fingerprint density at radius 1 is 1.00 bits per heavy atom. The van der Waals surface area contributed by atoms with E-state index in [9.17, 15) is 4.79 Å². The van der Waals surface area contributed by atoms with Gasteiger partial charge in [0.05, 0.1) is 19.3 Å². The van der Waals surface area contributed by atoms with Crippen LogP contribution in [0.3, 0.4) is 0 Å². The molecule has 5 heteroatoms. The van der Waals surface area contributed by atoms with Gasteiger partial charge in [0.2, 0.25) is 8.32 Å². The van der Waals surface area contributed by atoms with E-state index in [1.165, 1.54) is 7.11 Å². The molecule has 1 amide bonds. The van der Waals surface area contributed by atoms with Gasteiger partial charge in [0, 0.05) is 0 Å². The van der Waals surface area contributed by atoms with Crippen molar-refractivity contribution in [3.63, 3.8) is 0 Å². The molecule has 0 aliphatic rings. The highest BCUT2D eigenvalue weighted by Crippen LogP contribution is 2.43. The third-order valence-corrected chi connectivity index (χ3v) is 10.8. The van der Waals surface area contributed by atoms with Crippen LogP contribution in [0.15, 0.2) is 12.2 Å². The normalized spacial score (nSPS) is 15.5. The monoisotopic (exact) mass is 343 g/mol. The summed E-state index contributed by atoms with van der Waals surface area (Å²) in [5.74, 6) is 0. The summed E-state index contributed by atoms with van der Waals surface area (Å²) in [7, 11) is -0.495. The summed E-state index contributed by atoms with van der Waals surface area (Å²) in [4.78, 5) is 11.3. The Morgan fingerprint density at radius 2 is 1.48 bits per heavy atom. The Hall–Kier alpha value is -0.813. The zero-order chi connectivity index (χ0) is 18.2. The molecule has 0 aromatic carbocycles. The van der Waals surface area contributed by atoms with E-state index in [0.29, 0.717) is 16.6 Å². The minimum absolute atomic E-state index is 0.0262. The molecule has 1 N–H and O–H groups in total. The number of amides is 1. The number of hydrogen-bond donors (Lipinski definition) is 1. The summed E-state index contributed by atoms with van der Waals surface area (Å²) in [6, 6.07) is -0.0262. The van der Waals surface area contributed by atoms with Gasteiger partial charge >= 0.3 is 6.09 Å². The fourth-order valence-electron chi connectivity index (χ4n) is 3.56. The van der Waals surface area contributed by atoms with E-state index < -0.39 is 14.4 Å². The second-order valence-corrected chi connectivity index (χ2v) is 12.6. The van der Waals surface area contributed by atoms with Gasteiger partial charge in [-0.15, -0.1) is 0 Å². The van der Waals surface area contributed by atoms with Crippen molar-refractivity contribution in [3.05, 3.63) is 12.2 Å². The molecular formula is C18H37NO3Si. The van der Waals surface area contributed by atoms with Gasteiger partial charge in [-0.2, -0.15) is 0 Å². The number of methoxy groups -OCH3 is 1. The largest absolute Gasteiger partial charge is 0.453 e. The average molecular weight is 344 g/mol. The van der Waals surface area contributed by atoms with Crippen molar-refractivity contribution < 1.29 is 14.0 Å². The molecule has 0 aromatic heterocycles. The molecule has 0 heterocycles. The van der Waals surface area contributed by atoms with Crippen LogP contribution in [0.2, 0.25) is 16.6 Å². The Kier molecular flexibility index (Phi) is 9.78. The van der Waals surface area contributed by atoms with Crippen molar-refractivity contribution in [2.75, 3.05) is 7.11 Å². The molecule has 0 fully saturated rings. The first-order valence-corrected chi connectivity index (χ1v) is 11.0. The predicted octanol–water partition coefficient (Wildman–Crippen LogP) is 5.26. The maximum atomic E-state index is 11.3. The zero-order valence-corrected chi connectivity index (χ0v) is 17.5. The molecule has 2 atom stereocenters. The van der Waals surface area contributed by atoms with Crippen LogP contribution in [0, 0.1) is 0 Å². The van der Waals surface area contributed by atoms with Crippen molar-refractivity contribution in [1.29, 1.82) is 0 Å². The number of nitrogens with one attached hydrogen (secondary N) is 1. The van der Waals surface area contributed by atoms with E-state index in [4.69, 9.17) is 4.43 Å². The van der Waals surface area contributed by atoms with Gasteiger partial charge in [-0.1, -0.05) is 60.6 Å². The summed E-state index contributed by atoms with van der Waals surface area (Å²) < 4.78 is 11.3. The Morgan fingerprint density at radius 3 is 1.83 bits per heavy atom. The molecule has 0 aliphatic carbocycles. The smallest absolute Gasteiger partial charge is 0.407 e. The van der Waals surface area contributed by atoms with Crippen LogP contribution in [0.5, 0.6) is 0 Å². The quantitative estimate of drug-likeness (QED) is 0.459. The number of alkyl carbamates (subject to hydrolysis) is 1. The highest BCUT2D eigenvalue weighted by Gasteiger charge is 2.45. The fourth-order valence-corrected chi connectivity index (χ4v) is 9.10. The third kappa shape index (κ3) is 6.30. The van der Waals surface area contributed by atoms with Gasteiger partial charge in [-0.3, -0.25) is 0 Å². The van der Waals surface area contributed by atoms with Crippen LogP contribution in [-0.2, 0) is 9.16 Å². The molecular weight excluding hydrogens is 306 g/mol. The zero-order valence-electron chi connectivity index (χ0n) is 16.5. The maximum absolute atomic E-state index is 11.3. The lowest BCUT2D eigenvalue weighted by Crippen LogP contribution is -2.49. The highest BCUT2D eigenvalue weighted by atomic mass is 28.4. The summed E-state index contributed by atoms with van der Waals surface area (Å²) in [6.45, 7) is 17.9. The minimum Gasteiger partial charge on any atom is -0.453 e.